The van der Waals surface area contributed by atoms with Crippen molar-refractivity contribution in [3.05, 3.63) is 52.7 Å². The summed E-state index contributed by atoms with van der Waals surface area (Å²) in [6.07, 6.45) is 0.150. The molecule has 1 N–H and O–H groups in total. The molecule has 2 heterocycles. The first-order chi connectivity index (χ1) is 13.0. The largest absolute Gasteiger partial charge is 0.497 e. The Bertz CT molecular complexity index is 918. The fourth-order valence-electron chi connectivity index (χ4n) is 2.80. The van der Waals surface area contributed by atoms with E-state index in [-0.39, 0.29) is 18.4 Å². The number of amides is 1. The van der Waals surface area contributed by atoms with E-state index in [2.05, 4.69) is 10.3 Å². The molecule has 142 valence electrons. The number of thiophene rings is 1. The average molecular weight is 386 g/mol. The third kappa shape index (κ3) is 4.31. The Morgan fingerprint density at radius 1 is 1.30 bits per heavy atom. The number of nitrogens with one attached hydrogen (secondary N) is 1. The van der Waals surface area contributed by atoms with Gasteiger partial charge in [-0.3, -0.25) is 4.79 Å². The van der Waals surface area contributed by atoms with E-state index in [9.17, 15) is 4.79 Å². The molecule has 0 spiro atoms. The highest BCUT2D eigenvalue weighted by atomic mass is 32.1. The van der Waals surface area contributed by atoms with Gasteiger partial charge in [-0.2, -0.15) is 0 Å². The third-order valence-corrected chi connectivity index (χ3v) is 5.09. The second-order valence-electron chi connectivity index (χ2n) is 6.07. The zero-order chi connectivity index (χ0) is 19.4. The van der Waals surface area contributed by atoms with Crippen LogP contribution < -0.4 is 14.8 Å². The van der Waals surface area contributed by atoms with Gasteiger partial charge in [-0.15, -0.1) is 11.3 Å². The molecule has 1 unspecified atom stereocenters. The Balaban J connectivity index is 1.71. The molecule has 1 aromatic carbocycles. The summed E-state index contributed by atoms with van der Waals surface area (Å²) >= 11 is 1.55. The number of rotatable bonds is 7. The van der Waals surface area contributed by atoms with Crippen LogP contribution in [0.1, 0.15) is 30.0 Å². The first-order valence-corrected chi connectivity index (χ1v) is 9.41. The number of nitrogens with zero attached hydrogens (tertiary/aromatic N) is 1. The van der Waals surface area contributed by atoms with Crippen LogP contribution >= 0.6 is 11.3 Å². The van der Waals surface area contributed by atoms with Crippen molar-refractivity contribution in [1.82, 2.24) is 10.3 Å². The van der Waals surface area contributed by atoms with Crippen molar-refractivity contribution in [1.29, 1.82) is 0 Å². The van der Waals surface area contributed by atoms with Gasteiger partial charge in [0, 0.05) is 5.56 Å². The summed E-state index contributed by atoms with van der Waals surface area (Å²) in [5.41, 5.74) is 1.49. The summed E-state index contributed by atoms with van der Waals surface area (Å²) in [5, 5.41) is 4.95. The Kier molecular flexibility index (Phi) is 5.81. The van der Waals surface area contributed by atoms with Crippen molar-refractivity contribution < 1.29 is 18.7 Å². The van der Waals surface area contributed by atoms with E-state index in [0.29, 0.717) is 28.8 Å². The summed E-state index contributed by atoms with van der Waals surface area (Å²) in [6.45, 7) is 3.73. The van der Waals surface area contributed by atoms with Crippen LogP contribution in [-0.4, -0.2) is 25.1 Å². The molecule has 0 saturated heterocycles. The molecule has 6 nitrogen and oxygen atoms in total. The van der Waals surface area contributed by atoms with Crippen LogP contribution in [0.3, 0.4) is 0 Å². The molecule has 2 aromatic heterocycles. The lowest BCUT2D eigenvalue weighted by molar-refractivity contribution is -0.121. The molecule has 1 atom stereocenters. The van der Waals surface area contributed by atoms with E-state index >= 15 is 0 Å². The van der Waals surface area contributed by atoms with Gasteiger partial charge in [0.15, 0.2) is 0 Å². The van der Waals surface area contributed by atoms with Crippen molar-refractivity contribution in [2.45, 2.75) is 26.3 Å². The van der Waals surface area contributed by atoms with Gasteiger partial charge in [-0.05, 0) is 43.5 Å². The van der Waals surface area contributed by atoms with Crippen LogP contribution in [0.5, 0.6) is 11.5 Å². The molecule has 0 bridgehead atoms. The number of aryl methyl sites for hydroxylation is 1. The van der Waals surface area contributed by atoms with Gasteiger partial charge in [0.25, 0.3) is 0 Å². The lowest BCUT2D eigenvalue weighted by Crippen LogP contribution is -2.28. The Morgan fingerprint density at radius 2 is 2.11 bits per heavy atom. The number of hydrogen-bond acceptors (Lipinski definition) is 6. The number of methoxy groups -OCH3 is 2. The van der Waals surface area contributed by atoms with Crippen LogP contribution in [0.2, 0.25) is 0 Å². The average Bonchev–Trinajstić information content (AvgIpc) is 3.31. The smallest absolute Gasteiger partial charge is 0.236 e. The number of ether oxygens (including phenoxy) is 2. The van der Waals surface area contributed by atoms with Crippen molar-refractivity contribution in [3.8, 4) is 22.3 Å². The summed E-state index contributed by atoms with van der Waals surface area (Å²) < 4.78 is 16.4. The van der Waals surface area contributed by atoms with E-state index < -0.39 is 0 Å². The van der Waals surface area contributed by atoms with Crippen LogP contribution in [0.25, 0.3) is 10.8 Å². The number of carbonyl (C=O) groups is 1. The number of benzene rings is 1. The Hall–Kier alpha value is -2.80. The van der Waals surface area contributed by atoms with Crippen molar-refractivity contribution in [2.24, 2.45) is 0 Å². The molecule has 0 fully saturated rings. The minimum Gasteiger partial charge on any atom is -0.497 e. The monoisotopic (exact) mass is 386 g/mol. The molecule has 0 aliphatic rings. The molecule has 0 saturated carbocycles. The molecule has 0 radical (unpaired) electrons. The number of hydrogen-bond donors (Lipinski definition) is 1. The SMILES string of the molecule is COc1ccc(OC)c(C(C)NC(=O)Cc2nc(-c3cccs3)oc2C)c1. The molecule has 3 aromatic rings. The molecule has 0 aliphatic carbocycles. The molecular weight excluding hydrogens is 364 g/mol. The maximum atomic E-state index is 12.5. The standard InChI is InChI=1S/C20H22N2O4S/c1-12(15-10-14(24-3)7-8-17(15)25-4)21-19(23)11-16-13(2)26-20(22-16)18-6-5-9-27-18/h5-10,12H,11H2,1-4H3,(H,21,23). The van der Waals surface area contributed by atoms with Gasteiger partial charge in [-0.1, -0.05) is 6.07 Å². The van der Waals surface area contributed by atoms with E-state index in [0.717, 1.165) is 10.4 Å². The number of oxazole rings is 1. The van der Waals surface area contributed by atoms with Gasteiger partial charge in [0.2, 0.25) is 11.8 Å². The van der Waals surface area contributed by atoms with Crippen LogP contribution in [0.4, 0.5) is 0 Å². The van der Waals surface area contributed by atoms with Crippen molar-refractivity contribution >= 4 is 17.2 Å². The van der Waals surface area contributed by atoms with Gasteiger partial charge >= 0.3 is 0 Å². The summed E-state index contributed by atoms with van der Waals surface area (Å²) in [6, 6.07) is 9.14. The summed E-state index contributed by atoms with van der Waals surface area (Å²) in [4.78, 5) is 18.0. The zero-order valence-electron chi connectivity index (χ0n) is 15.7. The molecule has 27 heavy (non-hydrogen) atoms. The normalized spacial score (nSPS) is 11.9. The van der Waals surface area contributed by atoms with Gasteiger partial charge in [0.05, 0.1) is 37.3 Å². The Morgan fingerprint density at radius 3 is 2.78 bits per heavy atom. The first-order valence-electron chi connectivity index (χ1n) is 8.53. The quantitative estimate of drug-likeness (QED) is 0.660. The predicted octanol–water partition coefficient (Wildman–Crippen LogP) is 4.15. The predicted molar refractivity (Wildman–Crippen MR) is 104 cm³/mol. The van der Waals surface area contributed by atoms with E-state index in [1.165, 1.54) is 0 Å². The Labute approximate surface area is 162 Å². The molecule has 0 aliphatic heterocycles. The van der Waals surface area contributed by atoms with Crippen molar-refractivity contribution in [2.75, 3.05) is 14.2 Å². The zero-order valence-corrected chi connectivity index (χ0v) is 16.6. The fraction of sp³-hybridized carbons (Fsp3) is 0.300. The second-order valence-corrected chi connectivity index (χ2v) is 7.02. The van der Waals surface area contributed by atoms with Gasteiger partial charge < -0.3 is 19.2 Å². The maximum Gasteiger partial charge on any atom is 0.236 e. The highest BCUT2D eigenvalue weighted by molar-refractivity contribution is 7.13. The fourth-order valence-corrected chi connectivity index (χ4v) is 3.45. The lowest BCUT2D eigenvalue weighted by Gasteiger charge is -2.18. The van der Waals surface area contributed by atoms with Crippen LogP contribution in [0, 0.1) is 6.92 Å². The van der Waals surface area contributed by atoms with E-state index in [1.54, 1.807) is 25.6 Å². The molecule has 7 heteroatoms. The van der Waals surface area contributed by atoms with Gasteiger partial charge in [0.1, 0.15) is 17.3 Å². The molecule has 3 rings (SSSR count). The number of aromatic nitrogens is 1. The summed E-state index contributed by atoms with van der Waals surface area (Å²) in [5.74, 6) is 2.47. The lowest BCUT2D eigenvalue weighted by atomic mass is 10.1. The van der Waals surface area contributed by atoms with E-state index in [4.69, 9.17) is 13.9 Å². The first kappa shape index (κ1) is 19.0. The van der Waals surface area contributed by atoms with Crippen LogP contribution in [0.15, 0.2) is 40.1 Å². The second kappa shape index (κ2) is 8.26. The van der Waals surface area contributed by atoms with Crippen LogP contribution in [-0.2, 0) is 11.2 Å². The highest BCUT2D eigenvalue weighted by Gasteiger charge is 2.19. The topological polar surface area (TPSA) is 73.6 Å². The molecule has 1 amide bonds. The molecular formula is C20H22N2O4S. The minimum atomic E-state index is -0.244. The highest BCUT2D eigenvalue weighted by Crippen LogP contribution is 2.29. The van der Waals surface area contributed by atoms with E-state index in [1.807, 2.05) is 49.6 Å². The van der Waals surface area contributed by atoms with Gasteiger partial charge in [-0.25, -0.2) is 4.98 Å². The summed E-state index contributed by atoms with van der Waals surface area (Å²) in [7, 11) is 3.21. The minimum absolute atomic E-state index is 0.137. The van der Waals surface area contributed by atoms with Crippen molar-refractivity contribution in [3.63, 3.8) is 0 Å². The maximum absolute atomic E-state index is 12.5. The third-order valence-electron chi connectivity index (χ3n) is 4.23. The number of carbonyl (C=O) groups excluding carboxylic acids is 1.